The molecule has 1 N–H and O–H groups in total. The Hall–Kier alpha value is -0.810. The molecule has 0 bridgehead atoms. The van der Waals surface area contributed by atoms with Gasteiger partial charge in [0.1, 0.15) is 13.1 Å². The monoisotopic (exact) mass is 272 g/mol. The highest BCUT2D eigenvalue weighted by molar-refractivity contribution is 7.13. The lowest BCUT2D eigenvalue weighted by molar-refractivity contribution is -0.656. The van der Waals surface area contributed by atoms with Gasteiger partial charge < -0.3 is 21.4 Å². The topological polar surface area (TPSA) is 29.0 Å². The number of halogens is 1. The second kappa shape index (κ2) is 3.74. The summed E-state index contributed by atoms with van der Waals surface area (Å²) in [6, 6.07) is 3.91. The summed E-state index contributed by atoms with van der Waals surface area (Å²) in [4.78, 5) is 0. The van der Waals surface area contributed by atoms with Crippen molar-refractivity contribution in [2.24, 2.45) is 0 Å². The van der Waals surface area contributed by atoms with E-state index in [0.717, 1.165) is 18.8 Å². The lowest BCUT2D eigenvalue weighted by Gasteiger charge is -1.91. The van der Waals surface area contributed by atoms with Crippen LogP contribution < -0.4 is 26.9 Å². The van der Waals surface area contributed by atoms with Crippen LogP contribution >= 0.6 is 11.3 Å². The molecule has 0 saturated heterocycles. The van der Waals surface area contributed by atoms with Crippen LogP contribution in [0.5, 0.6) is 0 Å². The Morgan fingerprint density at radius 3 is 3.21 bits per heavy atom. The summed E-state index contributed by atoms with van der Waals surface area (Å²) in [6.45, 7) is 2.06. The Bertz CT molecular complexity index is 424. The van der Waals surface area contributed by atoms with Gasteiger partial charge >= 0.3 is 5.13 Å². The van der Waals surface area contributed by atoms with Crippen molar-refractivity contribution in [1.82, 2.24) is 0 Å². The van der Waals surface area contributed by atoms with E-state index in [4.69, 9.17) is 4.42 Å². The predicted octanol–water partition coefficient (Wildman–Crippen LogP) is -1.27. The Kier molecular flexibility index (Phi) is 2.60. The standard InChI is InChI=1S/C9H8N2OS.BrH/c1-2-8(12-5-1)7-6-13-9-10-3-4-11(7)9;/h1-2,5-6H,3-4H2;1H. The number of hydrogen-bond donors (Lipinski definition) is 1. The normalized spacial score (nSPS) is 13.1. The molecular formula is C9H9BrN2OS. The third-order valence-corrected chi connectivity index (χ3v) is 3.13. The lowest BCUT2D eigenvalue weighted by Crippen LogP contribution is -3.00. The molecule has 3 nitrogen and oxygen atoms in total. The van der Waals surface area contributed by atoms with E-state index in [-0.39, 0.29) is 17.0 Å². The van der Waals surface area contributed by atoms with E-state index in [2.05, 4.69) is 15.3 Å². The van der Waals surface area contributed by atoms with Gasteiger partial charge in [0.25, 0.3) is 0 Å². The first kappa shape index (κ1) is 9.73. The fourth-order valence-corrected chi connectivity index (χ4v) is 2.57. The molecule has 0 unspecified atom stereocenters. The minimum absolute atomic E-state index is 0. The van der Waals surface area contributed by atoms with Crippen LogP contribution in [0.25, 0.3) is 11.5 Å². The first-order chi connectivity index (χ1) is 6.45. The molecule has 0 atom stereocenters. The number of thiazole rings is 1. The maximum absolute atomic E-state index is 5.36. The van der Waals surface area contributed by atoms with Crippen molar-refractivity contribution < 1.29 is 26.0 Å². The molecule has 0 aliphatic carbocycles. The molecule has 1 aliphatic heterocycles. The molecule has 0 spiro atoms. The highest BCUT2D eigenvalue weighted by Gasteiger charge is 2.25. The van der Waals surface area contributed by atoms with Crippen LogP contribution in [-0.4, -0.2) is 6.54 Å². The van der Waals surface area contributed by atoms with E-state index < -0.39 is 0 Å². The van der Waals surface area contributed by atoms with Gasteiger partial charge in [0, 0.05) is 5.38 Å². The quantitative estimate of drug-likeness (QED) is 0.656. The lowest BCUT2D eigenvalue weighted by atomic mass is 10.3. The van der Waals surface area contributed by atoms with Crippen molar-refractivity contribution in [2.75, 3.05) is 11.9 Å². The van der Waals surface area contributed by atoms with Gasteiger partial charge in [0.05, 0.1) is 6.26 Å². The number of nitrogens with one attached hydrogen (secondary N) is 1. The van der Waals surface area contributed by atoms with Gasteiger partial charge in [-0.05, 0) is 12.1 Å². The molecule has 3 heterocycles. The van der Waals surface area contributed by atoms with Crippen LogP contribution in [-0.2, 0) is 6.54 Å². The summed E-state index contributed by atoms with van der Waals surface area (Å²) < 4.78 is 7.61. The number of rotatable bonds is 1. The van der Waals surface area contributed by atoms with Gasteiger partial charge in [-0.25, -0.2) is 4.57 Å². The van der Waals surface area contributed by atoms with E-state index in [1.54, 1.807) is 17.6 Å². The maximum Gasteiger partial charge on any atom is 0.334 e. The maximum atomic E-state index is 5.36. The molecule has 1 aliphatic rings. The van der Waals surface area contributed by atoms with Crippen LogP contribution in [0, 0.1) is 0 Å². The number of fused-ring (bicyclic) bond motifs is 1. The molecule has 2 aromatic rings. The molecular weight excluding hydrogens is 264 g/mol. The van der Waals surface area contributed by atoms with Crippen LogP contribution in [0.3, 0.4) is 0 Å². The molecule has 0 aromatic carbocycles. The molecule has 0 saturated carbocycles. The van der Waals surface area contributed by atoms with Gasteiger partial charge in [-0.1, -0.05) is 11.3 Å². The van der Waals surface area contributed by atoms with E-state index >= 15 is 0 Å². The summed E-state index contributed by atoms with van der Waals surface area (Å²) in [5.41, 5.74) is 1.18. The van der Waals surface area contributed by atoms with Gasteiger partial charge in [0.15, 0.2) is 11.5 Å². The molecule has 5 heteroatoms. The van der Waals surface area contributed by atoms with Crippen LogP contribution in [0.15, 0.2) is 28.2 Å². The Morgan fingerprint density at radius 2 is 2.43 bits per heavy atom. The van der Waals surface area contributed by atoms with Crippen molar-refractivity contribution >= 4 is 16.5 Å². The van der Waals surface area contributed by atoms with E-state index in [0.29, 0.717) is 0 Å². The molecule has 0 fully saturated rings. The largest absolute Gasteiger partial charge is 1.00 e. The Morgan fingerprint density at radius 1 is 1.50 bits per heavy atom. The predicted molar refractivity (Wildman–Crippen MR) is 50.7 cm³/mol. The average Bonchev–Trinajstić information content (AvgIpc) is 2.79. The number of nitrogens with zero attached hydrogens (tertiary/aromatic N) is 1. The molecule has 0 amide bonds. The summed E-state index contributed by atoms with van der Waals surface area (Å²) >= 11 is 1.73. The van der Waals surface area contributed by atoms with Gasteiger partial charge in [-0.2, -0.15) is 0 Å². The molecule has 14 heavy (non-hydrogen) atoms. The zero-order chi connectivity index (χ0) is 8.67. The van der Waals surface area contributed by atoms with Crippen molar-refractivity contribution in [2.45, 2.75) is 6.54 Å². The van der Waals surface area contributed by atoms with Gasteiger partial charge in [-0.15, -0.1) is 0 Å². The average molecular weight is 273 g/mol. The second-order valence-corrected chi connectivity index (χ2v) is 3.84. The highest BCUT2D eigenvalue weighted by Crippen LogP contribution is 2.24. The van der Waals surface area contributed by atoms with Crippen molar-refractivity contribution in [1.29, 1.82) is 0 Å². The fraction of sp³-hybridized carbons (Fsp3) is 0.222. The summed E-state index contributed by atoms with van der Waals surface area (Å²) in [5.74, 6) is 0.950. The third-order valence-electron chi connectivity index (χ3n) is 2.20. The first-order valence-corrected chi connectivity index (χ1v) is 5.12. The number of hydrogen-bond acceptors (Lipinski definition) is 3. The minimum Gasteiger partial charge on any atom is -1.00 e. The number of anilines is 1. The van der Waals surface area contributed by atoms with E-state index in [9.17, 15) is 0 Å². The molecule has 2 aromatic heterocycles. The number of furan rings is 1. The Balaban J connectivity index is 0.000000750. The Labute approximate surface area is 96.1 Å². The molecule has 3 rings (SSSR count). The van der Waals surface area contributed by atoms with Crippen LogP contribution in [0.4, 0.5) is 5.13 Å². The van der Waals surface area contributed by atoms with Crippen LogP contribution in [0.2, 0.25) is 0 Å². The molecule has 74 valence electrons. The van der Waals surface area contributed by atoms with Gasteiger partial charge in [-0.3, -0.25) is 5.32 Å². The zero-order valence-corrected chi connectivity index (χ0v) is 9.77. The highest BCUT2D eigenvalue weighted by atomic mass is 79.9. The fourth-order valence-electron chi connectivity index (χ4n) is 1.60. The van der Waals surface area contributed by atoms with Crippen LogP contribution in [0.1, 0.15) is 0 Å². The van der Waals surface area contributed by atoms with E-state index in [1.807, 2.05) is 12.1 Å². The third kappa shape index (κ3) is 1.36. The second-order valence-electron chi connectivity index (χ2n) is 2.98. The summed E-state index contributed by atoms with van der Waals surface area (Å²) in [6.07, 6.45) is 1.71. The smallest absolute Gasteiger partial charge is 0.334 e. The van der Waals surface area contributed by atoms with Gasteiger partial charge in [0.2, 0.25) is 0 Å². The summed E-state index contributed by atoms with van der Waals surface area (Å²) in [7, 11) is 0. The summed E-state index contributed by atoms with van der Waals surface area (Å²) in [5, 5.41) is 6.68. The van der Waals surface area contributed by atoms with Crippen molar-refractivity contribution in [3.05, 3.63) is 23.8 Å². The van der Waals surface area contributed by atoms with E-state index in [1.165, 1.54) is 10.8 Å². The first-order valence-electron chi connectivity index (χ1n) is 4.24. The van der Waals surface area contributed by atoms with Crippen molar-refractivity contribution in [3.8, 4) is 11.5 Å². The number of aromatic nitrogens is 1. The minimum atomic E-state index is 0. The van der Waals surface area contributed by atoms with Crippen molar-refractivity contribution in [3.63, 3.8) is 0 Å². The molecule has 0 radical (unpaired) electrons. The SMILES string of the molecule is [Br-].c1coc(-c2csc3[n+]2CCN3)c1. The zero-order valence-electron chi connectivity index (χ0n) is 7.37.